The van der Waals surface area contributed by atoms with Gasteiger partial charge in [0.1, 0.15) is 23.9 Å². The van der Waals surface area contributed by atoms with Gasteiger partial charge in [0, 0.05) is 12.0 Å². The minimum Gasteiger partial charge on any atom is -0.497 e. The van der Waals surface area contributed by atoms with E-state index >= 15 is 0 Å². The Morgan fingerprint density at radius 2 is 1.92 bits per heavy atom. The van der Waals surface area contributed by atoms with E-state index in [1.807, 2.05) is 36.4 Å². The first-order valence-electron chi connectivity index (χ1n) is 8.30. The molecule has 24 heavy (non-hydrogen) atoms. The predicted molar refractivity (Wildman–Crippen MR) is 92.2 cm³/mol. The van der Waals surface area contributed by atoms with Gasteiger partial charge >= 0.3 is 0 Å². The Morgan fingerprint density at radius 1 is 1.12 bits per heavy atom. The van der Waals surface area contributed by atoms with Gasteiger partial charge < -0.3 is 14.2 Å². The van der Waals surface area contributed by atoms with E-state index in [0.717, 1.165) is 35.5 Å². The SMILES string of the molecule is CCCc1c(OCc2ccc(OC)cc2)ccc2c1OCCC2=O. The molecular weight excluding hydrogens is 304 g/mol. The molecule has 3 rings (SSSR count). The molecule has 0 atom stereocenters. The minimum absolute atomic E-state index is 0.148. The molecule has 1 heterocycles. The third kappa shape index (κ3) is 3.37. The zero-order chi connectivity index (χ0) is 16.9. The van der Waals surface area contributed by atoms with Gasteiger partial charge in [0.2, 0.25) is 0 Å². The molecule has 0 saturated carbocycles. The van der Waals surface area contributed by atoms with Gasteiger partial charge in [0.05, 0.1) is 19.3 Å². The van der Waals surface area contributed by atoms with Gasteiger partial charge in [-0.1, -0.05) is 25.5 Å². The average Bonchev–Trinajstić information content (AvgIpc) is 2.62. The third-order valence-corrected chi connectivity index (χ3v) is 4.15. The second kappa shape index (κ2) is 7.39. The Kier molecular flexibility index (Phi) is 5.04. The lowest BCUT2D eigenvalue weighted by Gasteiger charge is -2.22. The molecule has 0 radical (unpaired) electrons. The standard InChI is InChI=1S/C20H22O4/c1-3-4-17-19(10-9-16-18(21)11-12-23-20(16)17)24-13-14-5-7-15(22-2)8-6-14/h5-10H,3-4,11-13H2,1-2H3. The van der Waals surface area contributed by atoms with Crippen LogP contribution in [0.4, 0.5) is 0 Å². The number of hydrogen-bond donors (Lipinski definition) is 0. The Balaban J connectivity index is 1.82. The molecule has 0 saturated heterocycles. The van der Waals surface area contributed by atoms with Crippen LogP contribution in [0, 0.1) is 0 Å². The quantitative estimate of drug-likeness (QED) is 0.798. The normalized spacial score (nSPS) is 13.2. The fourth-order valence-electron chi connectivity index (χ4n) is 2.88. The monoisotopic (exact) mass is 326 g/mol. The summed E-state index contributed by atoms with van der Waals surface area (Å²) < 4.78 is 17.0. The molecule has 2 aromatic rings. The molecule has 126 valence electrons. The topological polar surface area (TPSA) is 44.8 Å². The summed E-state index contributed by atoms with van der Waals surface area (Å²) in [6, 6.07) is 11.5. The number of rotatable bonds is 6. The largest absolute Gasteiger partial charge is 0.497 e. The lowest BCUT2D eigenvalue weighted by molar-refractivity contribution is 0.0932. The first kappa shape index (κ1) is 16.4. The van der Waals surface area contributed by atoms with Crippen molar-refractivity contribution in [3.8, 4) is 17.2 Å². The maximum Gasteiger partial charge on any atom is 0.170 e. The first-order chi connectivity index (χ1) is 11.7. The van der Waals surface area contributed by atoms with E-state index in [1.54, 1.807) is 7.11 Å². The molecule has 0 aromatic heterocycles. The van der Waals surface area contributed by atoms with Crippen LogP contribution in [0.2, 0.25) is 0 Å². The van der Waals surface area contributed by atoms with Crippen LogP contribution in [0.15, 0.2) is 36.4 Å². The first-order valence-corrected chi connectivity index (χ1v) is 8.30. The van der Waals surface area contributed by atoms with Gasteiger partial charge in [-0.05, 0) is 36.2 Å². The van der Waals surface area contributed by atoms with Crippen molar-refractivity contribution in [3.05, 3.63) is 53.1 Å². The summed E-state index contributed by atoms with van der Waals surface area (Å²) in [5.74, 6) is 2.47. The molecule has 0 bridgehead atoms. The smallest absolute Gasteiger partial charge is 0.170 e. The van der Waals surface area contributed by atoms with Crippen LogP contribution in [0.1, 0.15) is 41.3 Å². The van der Waals surface area contributed by atoms with Crippen LogP contribution in [0.3, 0.4) is 0 Å². The van der Waals surface area contributed by atoms with E-state index in [2.05, 4.69) is 6.92 Å². The highest BCUT2D eigenvalue weighted by Crippen LogP contribution is 2.36. The fraction of sp³-hybridized carbons (Fsp3) is 0.350. The number of carbonyl (C=O) groups excluding carboxylic acids is 1. The van der Waals surface area contributed by atoms with E-state index in [4.69, 9.17) is 14.2 Å². The van der Waals surface area contributed by atoms with Gasteiger partial charge in [-0.2, -0.15) is 0 Å². The van der Waals surface area contributed by atoms with E-state index in [0.29, 0.717) is 30.9 Å². The average molecular weight is 326 g/mol. The Hall–Kier alpha value is -2.49. The third-order valence-electron chi connectivity index (χ3n) is 4.15. The summed E-state index contributed by atoms with van der Waals surface area (Å²) >= 11 is 0. The molecule has 0 unspecified atom stereocenters. The summed E-state index contributed by atoms with van der Waals surface area (Å²) in [4.78, 5) is 12.1. The minimum atomic E-state index is 0.148. The molecule has 0 spiro atoms. The number of fused-ring (bicyclic) bond motifs is 1. The number of Topliss-reactive ketones (excluding diaryl/α,β-unsaturated/α-hetero) is 1. The van der Waals surface area contributed by atoms with Crippen LogP contribution >= 0.6 is 0 Å². The van der Waals surface area contributed by atoms with Crippen LogP contribution in [0.25, 0.3) is 0 Å². The fourth-order valence-corrected chi connectivity index (χ4v) is 2.88. The van der Waals surface area contributed by atoms with Crippen LogP contribution in [0.5, 0.6) is 17.2 Å². The Labute approximate surface area is 142 Å². The molecule has 2 aromatic carbocycles. The van der Waals surface area contributed by atoms with Crippen molar-refractivity contribution in [1.29, 1.82) is 0 Å². The van der Waals surface area contributed by atoms with Crippen molar-refractivity contribution in [2.24, 2.45) is 0 Å². The summed E-state index contributed by atoms with van der Waals surface area (Å²) in [6.45, 7) is 3.02. The Morgan fingerprint density at radius 3 is 2.62 bits per heavy atom. The number of hydrogen-bond acceptors (Lipinski definition) is 4. The second-order valence-corrected chi connectivity index (χ2v) is 5.83. The highest BCUT2D eigenvalue weighted by molar-refractivity contribution is 6.00. The summed E-state index contributed by atoms with van der Waals surface area (Å²) in [7, 11) is 1.65. The molecule has 0 amide bonds. The Bertz CT molecular complexity index is 719. The molecular formula is C20H22O4. The number of ether oxygens (including phenoxy) is 3. The van der Waals surface area contributed by atoms with E-state index < -0.39 is 0 Å². The van der Waals surface area contributed by atoms with Gasteiger partial charge in [0.15, 0.2) is 5.78 Å². The molecule has 4 heteroatoms. The molecule has 0 fully saturated rings. The number of ketones is 1. The summed E-state index contributed by atoms with van der Waals surface area (Å²) in [5, 5.41) is 0. The van der Waals surface area contributed by atoms with Gasteiger partial charge in [0.25, 0.3) is 0 Å². The molecule has 0 N–H and O–H groups in total. The van der Waals surface area contributed by atoms with E-state index in [9.17, 15) is 4.79 Å². The number of methoxy groups -OCH3 is 1. The maximum absolute atomic E-state index is 12.1. The van der Waals surface area contributed by atoms with Crippen LogP contribution in [-0.2, 0) is 13.0 Å². The molecule has 1 aliphatic rings. The lowest BCUT2D eigenvalue weighted by Crippen LogP contribution is -2.17. The highest BCUT2D eigenvalue weighted by Gasteiger charge is 2.23. The van der Waals surface area contributed by atoms with Crippen LogP contribution < -0.4 is 14.2 Å². The number of benzene rings is 2. The van der Waals surface area contributed by atoms with Gasteiger partial charge in [-0.3, -0.25) is 4.79 Å². The zero-order valence-electron chi connectivity index (χ0n) is 14.1. The highest BCUT2D eigenvalue weighted by atomic mass is 16.5. The van der Waals surface area contributed by atoms with Crippen molar-refractivity contribution < 1.29 is 19.0 Å². The van der Waals surface area contributed by atoms with Crippen LogP contribution in [-0.4, -0.2) is 19.5 Å². The van der Waals surface area contributed by atoms with Crippen molar-refractivity contribution in [2.45, 2.75) is 32.8 Å². The predicted octanol–water partition coefficient (Wildman–Crippen LogP) is 4.19. The van der Waals surface area contributed by atoms with E-state index in [-0.39, 0.29) is 5.78 Å². The van der Waals surface area contributed by atoms with Crippen molar-refractivity contribution in [2.75, 3.05) is 13.7 Å². The van der Waals surface area contributed by atoms with Gasteiger partial charge in [-0.15, -0.1) is 0 Å². The lowest BCUT2D eigenvalue weighted by atomic mass is 9.98. The summed E-state index contributed by atoms with van der Waals surface area (Å²) in [5.41, 5.74) is 2.74. The maximum atomic E-state index is 12.1. The molecule has 1 aliphatic heterocycles. The van der Waals surface area contributed by atoms with Crippen molar-refractivity contribution >= 4 is 5.78 Å². The van der Waals surface area contributed by atoms with E-state index in [1.165, 1.54) is 0 Å². The van der Waals surface area contributed by atoms with Gasteiger partial charge in [-0.25, -0.2) is 0 Å². The van der Waals surface area contributed by atoms with Crippen molar-refractivity contribution in [1.82, 2.24) is 0 Å². The molecule has 4 nitrogen and oxygen atoms in total. The summed E-state index contributed by atoms with van der Waals surface area (Å²) in [6.07, 6.45) is 2.24. The molecule has 0 aliphatic carbocycles. The zero-order valence-corrected chi connectivity index (χ0v) is 14.1. The second-order valence-electron chi connectivity index (χ2n) is 5.83. The number of carbonyl (C=O) groups is 1. The van der Waals surface area contributed by atoms with Crippen molar-refractivity contribution in [3.63, 3.8) is 0 Å².